The number of amides is 2. The highest BCUT2D eigenvalue weighted by molar-refractivity contribution is 6.04. The van der Waals surface area contributed by atoms with Crippen LogP contribution in [-0.2, 0) is 0 Å². The molecule has 0 aliphatic heterocycles. The van der Waals surface area contributed by atoms with Crippen molar-refractivity contribution in [3.05, 3.63) is 93.4 Å². The van der Waals surface area contributed by atoms with Crippen LogP contribution in [0.2, 0.25) is 0 Å². The summed E-state index contributed by atoms with van der Waals surface area (Å²) in [6.07, 6.45) is 1.41. The Morgan fingerprint density at radius 3 is 2.50 bits per heavy atom. The second kappa shape index (κ2) is 8.82. The van der Waals surface area contributed by atoms with Crippen molar-refractivity contribution in [2.75, 3.05) is 5.32 Å². The molecule has 0 saturated heterocycles. The number of hydrogen-bond acceptors (Lipinski definition) is 6. The van der Waals surface area contributed by atoms with Gasteiger partial charge in [-0.3, -0.25) is 19.7 Å². The number of furan rings is 1. The van der Waals surface area contributed by atoms with Gasteiger partial charge in [0.25, 0.3) is 17.5 Å². The molecule has 2 aromatic carbocycles. The van der Waals surface area contributed by atoms with Crippen LogP contribution in [-0.4, -0.2) is 22.4 Å². The maximum absolute atomic E-state index is 12.3. The Balaban J connectivity index is 1.69. The Morgan fingerprint density at radius 1 is 1.03 bits per heavy atom. The van der Waals surface area contributed by atoms with Gasteiger partial charge in [0.05, 0.1) is 16.9 Å². The Hall–Kier alpha value is -4.27. The fourth-order valence-electron chi connectivity index (χ4n) is 2.69. The summed E-state index contributed by atoms with van der Waals surface area (Å²) in [5.41, 5.74) is 4.76. The van der Waals surface area contributed by atoms with Gasteiger partial charge in [0.2, 0.25) is 0 Å². The zero-order valence-electron chi connectivity index (χ0n) is 16.2. The molecule has 2 amide bonds. The van der Waals surface area contributed by atoms with Crippen LogP contribution in [0.25, 0.3) is 0 Å². The van der Waals surface area contributed by atoms with E-state index in [1.807, 2.05) is 0 Å². The van der Waals surface area contributed by atoms with E-state index in [9.17, 15) is 19.7 Å². The Kier molecular flexibility index (Phi) is 6.02. The second-order valence-electron chi connectivity index (χ2n) is 6.41. The van der Waals surface area contributed by atoms with Gasteiger partial charge in [-0.1, -0.05) is 12.1 Å². The van der Waals surface area contributed by atoms with Crippen LogP contribution in [0.3, 0.4) is 0 Å². The minimum Gasteiger partial charge on any atom is -0.459 e. The van der Waals surface area contributed by atoms with Gasteiger partial charge in [-0.2, -0.15) is 5.10 Å². The van der Waals surface area contributed by atoms with E-state index in [0.717, 1.165) is 0 Å². The van der Waals surface area contributed by atoms with E-state index in [1.54, 1.807) is 50.2 Å². The number of nitrogens with zero attached hydrogens (tertiary/aromatic N) is 2. The molecule has 0 radical (unpaired) electrons. The minimum absolute atomic E-state index is 0.0559. The standard InChI is InChI=1S/C21H18N4O5/c1-13-11-16(8-9-18(13)25(28)29)20(26)24-23-14(2)15-5-3-6-17(12-15)22-21(27)19-7-4-10-30-19/h3-12H,1-2H3,(H,22,27)(H,24,26)/b23-14+. The number of hydrazone groups is 1. The average molecular weight is 406 g/mol. The predicted molar refractivity (Wildman–Crippen MR) is 111 cm³/mol. The van der Waals surface area contributed by atoms with Crippen molar-refractivity contribution in [2.45, 2.75) is 13.8 Å². The summed E-state index contributed by atoms with van der Waals surface area (Å²) in [6, 6.07) is 14.2. The fraction of sp³-hybridized carbons (Fsp3) is 0.0952. The van der Waals surface area contributed by atoms with Crippen LogP contribution in [0.15, 0.2) is 70.4 Å². The third-order valence-corrected chi connectivity index (χ3v) is 4.26. The van der Waals surface area contributed by atoms with E-state index < -0.39 is 10.8 Å². The molecule has 0 bridgehead atoms. The summed E-state index contributed by atoms with van der Waals surface area (Å²) < 4.78 is 5.06. The summed E-state index contributed by atoms with van der Waals surface area (Å²) in [7, 11) is 0. The van der Waals surface area contributed by atoms with Gasteiger partial charge in [0, 0.05) is 22.9 Å². The lowest BCUT2D eigenvalue weighted by Crippen LogP contribution is -2.19. The monoisotopic (exact) mass is 406 g/mol. The maximum Gasteiger partial charge on any atom is 0.291 e. The van der Waals surface area contributed by atoms with Crippen LogP contribution in [0.5, 0.6) is 0 Å². The molecule has 1 heterocycles. The first-order valence-corrected chi connectivity index (χ1v) is 8.90. The van der Waals surface area contributed by atoms with E-state index in [4.69, 9.17) is 4.42 Å². The lowest BCUT2D eigenvalue weighted by molar-refractivity contribution is -0.385. The molecule has 0 saturated carbocycles. The largest absolute Gasteiger partial charge is 0.459 e. The molecule has 2 N–H and O–H groups in total. The number of rotatable bonds is 6. The van der Waals surface area contributed by atoms with Crippen LogP contribution >= 0.6 is 0 Å². The number of nitro benzene ring substituents is 1. The van der Waals surface area contributed by atoms with E-state index >= 15 is 0 Å². The van der Waals surface area contributed by atoms with Crippen molar-refractivity contribution in [1.29, 1.82) is 0 Å². The molecule has 0 aliphatic carbocycles. The number of carbonyl (C=O) groups is 2. The number of nitrogens with one attached hydrogen (secondary N) is 2. The SMILES string of the molecule is C/C(=N\NC(=O)c1ccc([N+](=O)[O-])c(C)c1)c1cccc(NC(=O)c2ccco2)c1. The first-order valence-electron chi connectivity index (χ1n) is 8.90. The van der Waals surface area contributed by atoms with Crippen molar-refractivity contribution in [2.24, 2.45) is 5.10 Å². The van der Waals surface area contributed by atoms with Crippen molar-refractivity contribution >= 4 is 28.9 Å². The Morgan fingerprint density at radius 2 is 1.83 bits per heavy atom. The number of carbonyl (C=O) groups excluding carboxylic acids is 2. The number of nitro groups is 1. The fourth-order valence-corrected chi connectivity index (χ4v) is 2.69. The van der Waals surface area contributed by atoms with Crippen molar-refractivity contribution in [3.63, 3.8) is 0 Å². The van der Waals surface area contributed by atoms with Crippen LogP contribution in [0, 0.1) is 17.0 Å². The van der Waals surface area contributed by atoms with Crippen molar-refractivity contribution < 1.29 is 18.9 Å². The van der Waals surface area contributed by atoms with Crippen LogP contribution < -0.4 is 10.7 Å². The summed E-state index contributed by atoms with van der Waals surface area (Å²) in [5, 5.41) is 17.7. The van der Waals surface area contributed by atoms with Gasteiger partial charge in [0.1, 0.15) is 0 Å². The molecule has 1 aromatic heterocycles. The third kappa shape index (κ3) is 4.76. The molecule has 30 heavy (non-hydrogen) atoms. The summed E-state index contributed by atoms with van der Waals surface area (Å²) in [5.74, 6) is -0.681. The van der Waals surface area contributed by atoms with Gasteiger partial charge >= 0.3 is 0 Å². The third-order valence-electron chi connectivity index (χ3n) is 4.26. The van der Waals surface area contributed by atoms with E-state index in [-0.39, 0.29) is 22.9 Å². The molecular formula is C21H18N4O5. The number of hydrogen-bond donors (Lipinski definition) is 2. The normalized spacial score (nSPS) is 11.1. The summed E-state index contributed by atoms with van der Waals surface area (Å²) in [6.45, 7) is 3.26. The lowest BCUT2D eigenvalue weighted by atomic mass is 10.1. The van der Waals surface area contributed by atoms with Gasteiger partial charge in [-0.05, 0) is 55.8 Å². The highest BCUT2D eigenvalue weighted by atomic mass is 16.6. The number of aryl methyl sites for hydroxylation is 1. The molecule has 3 rings (SSSR count). The molecule has 3 aromatic rings. The quantitative estimate of drug-likeness (QED) is 0.365. The molecule has 0 unspecified atom stereocenters. The molecule has 0 spiro atoms. The molecule has 0 atom stereocenters. The zero-order chi connectivity index (χ0) is 21.7. The average Bonchev–Trinajstić information content (AvgIpc) is 3.26. The van der Waals surface area contributed by atoms with Crippen molar-refractivity contribution in [1.82, 2.24) is 5.43 Å². The molecule has 0 fully saturated rings. The Bertz CT molecular complexity index is 1140. The van der Waals surface area contributed by atoms with Gasteiger partial charge in [-0.25, -0.2) is 5.43 Å². The maximum atomic E-state index is 12.3. The predicted octanol–water partition coefficient (Wildman–Crippen LogP) is 3.90. The first kappa shape index (κ1) is 20.5. The van der Waals surface area contributed by atoms with Gasteiger partial charge in [0.15, 0.2) is 5.76 Å². The summed E-state index contributed by atoms with van der Waals surface area (Å²) >= 11 is 0. The summed E-state index contributed by atoms with van der Waals surface area (Å²) in [4.78, 5) is 34.8. The minimum atomic E-state index is -0.503. The first-order chi connectivity index (χ1) is 14.3. The van der Waals surface area contributed by atoms with Gasteiger partial charge < -0.3 is 9.73 Å². The molecule has 152 valence electrons. The highest BCUT2D eigenvalue weighted by Crippen LogP contribution is 2.19. The molecule has 9 heteroatoms. The Labute approximate surface area is 171 Å². The molecule has 9 nitrogen and oxygen atoms in total. The van der Waals surface area contributed by atoms with E-state index in [0.29, 0.717) is 22.5 Å². The van der Waals surface area contributed by atoms with E-state index in [2.05, 4.69) is 15.8 Å². The highest BCUT2D eigenvalue weighted by Gasteiger charge is 2.14. The number of anilines is 1. The second-order valence-corrected chi connectivity index (χ2v) is 6.41. The smallest absolute Gasteiger partial charge is 0.291 e. The van der Waals surface area contributed by atoms with Crippen molar-refractivity contribution in [3.8, 4) is 0 Å². The lowest BCUT2D eigenvalue weighted by Gasteiger charge is -2.07. The van der Waals surface area contributed by atoms with E-state index in [1.165, 1.54) is 24.5 Å². The van der Waals surface area contributed by atoms with Crippen LogP contribution in [0.1, 0.15) is 39.0 Å². The molecular weight excluding hydrogens is 388 g/mol. The zero-order valence-corrected chi connectivity index (χ0v) is 16.2. The molecule has 0 aliphatic rings. The van der Waals surface area contributed by atoms with Gasteiger partial charge in [-0.15, -0.1) is 0 Å². The number of benzene rings is 2. The van der Waals surface area contributed by atoms with Crippen LogP contribution in [0.4, 0.5) is 11.4 Å². The topological polar surface area (TPSA) is 127 Å².